The first kappa shape index (κ1) is 9.88. The Morgan fingerprint density at radius 1 is 1.18 bits per heavy atom. The number of aromatic hydroxyl groups is 1. The smallest absolute Gasteiger partial charge is 0.393 e. The third kappa shape index (κ3) is 8.88. The SMILES string of the molecule is NP(=O)=O.Oc1ccccc1. The Hall–Kier alpha value is -1.12. The molecular formula is C6H8NO3P. The lowest BCUT2D eigenvalue weighted by atomic mass is 10.3. The summed E-state index contributed by atoms with van der Waals surface area (Å²) in [7, 11) is -2.62. The average molecular weight is 173 g/mol. The second-order valence-electron chi connectivity index (χ2n) is 1.62. The molecule has 0 saturated carbocycles. The molecule has 0 aromatic heterocycles. The molecule has 0 aliphatic heterocycles. The van der Waals surface area contributed by atoms with E-state index in [1.807, 2.05) is 6.07 Å². The number of benzene rings is 1. The van der Waals surface area contributed by atoms with Crippen LogP contribution in [0, 0.1) is 0 Å². The highest BCUT2D eigenvalue weighted by Gasteiger charge is 1.74. The fraction of sp³-hybridized carbons (Fsp3) is 0. The molecule has 0 aliphatic rings. The number of para-hydroxylation sites is 1. The molecule has 5 heteroatoms. The zero-order valence-corrected chi connectivity index (χ0v) is 6.57. The molecule has 4 nitrogen and oxygen atoms in total. The van der Waals surface area contributed by atoms with Crippen molar-refractivity contribution in [2.45, 2.75) is 0 Å². The van der Waals surface area contributed by atoms with E-state index in [1.54, 1.807) is 24.3 Å². The van der Waals surface area contributed by atoms with Crippen molar-refractivity contribution in [3.63, 3.8) is 0 Å². The van der Waals surface area contributed by atoms with Crippen LogP contribution in [0.5, 0.6) is 5.75 Å². The summed E-state index contributed by atoms with van der Waals surface area (Å²) in [6.07, 6.45) is 0. The van der Waals surface area contributed by atoms with Gasteiger partial charge in [-0.05, 0) is 12.1 Å². The van der Waals surface area contributed by atoms with Crippen molar-refractivity contribution < 1.29 is 14.2 Å². The molecular weight excluding hydrogens is 165 g/mol. The zero-order valence-electron chi connectivity index (χ0n) is 5.68. The minimum absolute atomic E-state index is 0.322. The molecule has 0 atom stereocenters. The van der Waals surface area contributed by atoms with Gasteiger partial charge in [0.1, 0.15) is 5.75 Å². The van der Waals surface area contributed by atoms with Crippen molar-refractivity contribution in [1.82, 2.24) is 0 Å². The average Bonchev–Trinajstić information content (AvgIpc) is 1.87. The number of phenolic OH excluding ortho intramolecular Hbond substituents is 1. The number of rotatable bonds is 0. The van der Waals surface area contributed by atoms with Gasteiger partial charge in [-0.15, -0.1) is 0 Å². The van der Waals surface area contributed by atoms with E-state index in [0.717, 1.165) is 0 Å². The van der Waals surface area contributed by atoms with Gasteiger partial charge in [0.15, 0.2) is 0 Å². The molecule has 0 amide bonds. The summed E-state index contributed by atoms with van der Waals surface area (Å²) < 4.78 is 17.6. The van der Waals surface area contributed by atoms with Crippen LogP contribution in [0.1, 0.15) is 0 Å². The van der Waals surface area contributed by atoms with Crippen LogP contribution in [-0.2, 0) is 9.13 Å². The zero-order chi connectivity index (χ0) is 8.69. The molecule has 11 heavy (non-hydrogen) atoms. The highest BCUT2D eigenvalue weighted by molar-refractivity contribution is 7.27. The maximum absolute atomic E-state index is 8.81. The Morgan fingerprint density at radius 2 is 1.55 bits per heavy atom. The van der Waals surface area contributed by atoms with Gasteiger partial charge >= 0.3 is 7.83 Å². The van der Waals surface area contributed by atoms with Gasteiger partial charge in [-0.2, -0.15) is 0 Å². The maximum Gasteiger partial charge on any atom is 0.393 e. The van der Waals surface area contributed by atoms with Crippen LogP contribution < -0.4 is 5.50 Å². The van der Waals surface area contributed by atoms with Crippen LogP contribution in [-0.4, -0.2) is 5.11 Å². The third-order valence-corrected chi connectivity index (χ3v) is 0.756. The lowest BCUT2D eigenvalue weighted by Crippen LogP contribution is -1.58. The van der Waals surface area contributed by atoms with Gasteiger partial charge in [0.05, 0.1) is 0 Å². The van der Waals surface area contributed by atoms with E-state index < -0.39 is 7.83 Å². The van der Waals surface area contributed by atoms with Crippen molar-refractivity contribution in [2.24, 2.45) is 5.50 Å². The van der Waals surface area contributed by atoms with Crippen molar-refractivity contribution in [1.29, 1.82) is 0 Å². The van der Waals surface area contributed by atoms with Gasteiger partial charge in [-0.25, -0.2) is 14.6 Å². The van der Waals surface area contributed by atoms with Gasteiger partial charge in [0.2, 0.25) is 0 Å². The van der Waals surface area contributed by atoms with E-state index in [4.69, 9.17) is 14.2 Å². The second kappa shape index (κ2) is 5.65. The summed E-state index contributed by atoms with van der Waals surface area (Å²) in [5, 5.41) is 8.63. The minimum Gasteiger partial charge on any atom is -0.508 e. The molecule has 0 unspecified atom stereocenters. The van der Waals surface area contributed by atoms with E-state index in [9.17, 15) is 0 Å². The minimum atomic E-state index is -2.62. The summed E-state index contributed by atoms with van der Waals surface area (Å²) in [5.41, 5.74) is 4.06. The highest BCUT2D eigenvalue weighted by Crippen LogP contribution is 2.02. The molecule has 1 rings (SSSR count). The summed E-state index contributed by atoms with van der Waals surface area (Å²) in [6, 6.07) is 8.71. The quantitative estimate of drug-likeness (QED) is 0.581. The molecule has 0 spiro atoms. The Morgan fingerprint density at radius 3 is 1.73 bits per heavy atom. The van der Waals surface area contributed by atoms with E-state index in [2.05, 4.69) is 5.50 Å². The molecule has 0 saturated heterocycles. The van der Waals surface area contributed by atoms with Crippen molar-refractivity contribution in [2.75, 3.05) is 0 Å². The second-order valence-corrected chi connectivity index (χ2v) is 2.19. The molecule has 1 aromatic carbocycles. The highest BCUT2D eigenvalue weighted by atomic mass is 31.1. The fourth-order valence-electron chi connectivity index (χ4n) is 0.428. The van der Waals surface area contributed by atoms with Crippen LogP contribution >= 0.6 is 7.83 Å². The maximum atomic E-state index is 8.81. The van der Waals surface area contributed by atoms with E-state index >= 15 is 0 Å². The van der Waals surface area contributed by atoms with Crippen LogP contribution in [0.25, 0.3) is 0 Å². The van der Waals surface area contributed by atoms with Gasteiger partial charge in [-0.3, -0.25) is 0 Å². The van der Waals surface area contributed by atoms with Crippen LogP contribution in [0.4, 0.5) is 0 Å². The van der Waals surface area contributed by atoms with E-state index in [0.29, 0.717) is 5.75 Å². The predicted octanol–water partition coefficient (Wildman–Crippen LogP) is 1.43. The Bertz CT molecular complexity index is 250. The van der Waals surface area contributed by atoms with Gasteiger partial charge in [-0.1, -0.05) is 18.2 Å². The summed E-state index contributed by atoms with van der Waals surface area (Å²) >= 11 is 0. The monoisotopic (exact) mass is 173 g/mol. The van der Waals surface area contributed by atoms with Gasteiger partial charge < -0.3 is 5.11 Å². The first-order valence-electron chi connectivity index (χ1n) is 2.76. The van der Waals surface area contributed by atoms with E-state index in [1.165, 1.54) is 0 Å². The largest absolute Gasteiger partial charge is 0.508 e. The molecule has 60 valence electrons. The Balaban J connectivity index is 0.000000218. The Labute approximate surface area is 64.5 Å². The molecule has 0 heterocycles. The number of nitrogens with two attached hydrogens (primary N) is 1. The Kier molecular flexibility index (Phi) is 5.07. The van der Waals surface area contributed by atoms with Crippen molar-refractivity contribution >= 4 is 7.83 Å². The predicted molar refractivity (Wildman–Crippen MR) is 40.6 cm³/mol. The summed E-state index contributed by atoms with van der Waals surface area (Å²) in [4.78, 5) is 0. The van der Waals surface area contributed by atoms with Crippen molar-refractivity contribution in [3.05, 3.63) is 30.3 Å². The third-order valence-electron chi connectivity index (χ3n) is 0.756. The molecule has 0 bridgehead atoms. The molecule has 0 aliphatic carbocycles. The molecule has 0 fully saturated rings. The lowest BCUT2D eigenvalue weighted by Gasteiger charge is -1.82. The first-order chi connectivity index (χ1) is 5.13. The fourth-order valence-corrected chi connectivity index (χ4v) is 0.428. The van der Waals surface area contributed by atoms with E-state index in [-0.39, 0.29) is 0 Å². The standard InChI is InChI=1S/C6H6O.H2NO2P/c7-6-4-2-1-3-5-6;1-4(2)3/h1-5,7H;(H2,1,2,3). The summed E-state index contributed by atoms with van der Waals surface area (Å²) in [5.74, 6) is 0.322. The number of phenols is 1. The number of hydrogen-bond acceptors (Lipinski definition) is 3. The van der Waals surface area contributed by atoms with Gasteiger partial charge in [0, 0.05) is 0 Å². The molecule has 3 N–H and O–H groups in total. The van der Waals surface area contributed by atoms with Crippen LogP contribution in [0.2, 0.25) is 0 Å². The molecule has 0 radical (unpaired) electrons. The normalized spacial score (nSPS) is 7.73. The number of hydrogen-bond donors (Lipinski definition) is 2. The molecule has 1 aromatic rings. The lowest BCUT2D eigenvalue weighted by molar-refractivity contribution is 0.475. The summed E-state index contributed by atoms with van der Waals surface area (Å²) in [6.45, 7) is 0. The topological polar surface area (TPSA) is 80.4 Å². The van der Waals surface area contributed by atoms with Crippen molar-refractivity contribution in [3.8, 4) is 5.75 Å². The first-order valence-corrected chi connectivity index (χ1v) is 4.00. The van der Waals surface area contributed by atoms with Crippen LogP contribution in [0.15, 0.2) is 30.3 Å². The van der Waals surface area contributed by atoms with Crippen LogP contribution in [0.3, 0.4) is 0 Å². The van der Waals surface area contributed by atoms with Gasteiger partial charge in [0.25, 0.3) is 0 Å².